The number of unbranched alkanes of at least 4 members (excludes halogenated alkanes) is 2. The third-order valence-electron chi connectivity index (χ3n) is 28.9. The van der Waals surface area contributed by atoms with Gasteiger partial charge in [0.1, 0.15) is 26.2 Å². The molecular formula is C128H224N8O4S4+8. The normalized spacial score (nSPS) is 12.4. The molecule has 8 rings (SSSR count). The van der Waals surface area contributed by atoms with Crippen molar-refractivity contribution in [2.45, 2.75) is 238 Å². The van der Waals surface area contributed by atoms with E-state index in [2.05, 4.69) is 439 Å². The molecule has 816 valence electrons. The van der Waals surface area contributed by atoms with Crippen LogP contribution in [0.3, 0.4) is 0 Å². The lowest BCUT2D eigenvalue weighted by Crippen LogP contribution is -2.51. The zero-order valence-electron chi connectivity index (χ0n) is 97.5. The minimum atomic E-state index is 0.823. The maximum Gasteiger partial charge on any atom is 0.102 e. The second-order valence-electron chi connectivity index (χ2n) is 41.6. The fourth-order valence-corrected chi connectivity index (χ4v) is 22.9. The number of hydrogen-bond acceptors (Lipinski definition) is 8. The maximum absolute atomic E-state index is 5.91. The summed E-state index contributed by atoms with van der Waals surface area (Å²) in [5, 5.41) is 0. The second-order valence-corrected chi connectivity index (χ2v) is 46.0. The number of likely N-dealkylation sites (N-methyl/N-ethyl adjacent to an activating group) is 4. The van der Waals surface area contributed by atoms with Crippen molar-refractivity contribution in [3.63, 3.8) is 0 Å². The van der Waals surface area contributed by atoms with Gasteiger partial charge in [-0.1, -0.05) is 311 Å². The SMILES string of the molecule is CCCC[N+](CC)(CCC)CCOCCc1ccccc1.CCCC[N+](CC)(CCC)CCSCc1ccccc1.CCC[N+](CC)(CCC)CCOCCc1ccccc1.CCC[N+](CC)(CCC)CCSCc1ccccc1.CC[N+](CC)(CC)CCOCCc1ccccc1.CC[N+](CC)(CC)CCSCc1ccccc1.C[N+](C)(C)CCOCCc1ccccc1.C[N+](C)(C)CCSCc1ccccc1. The number of hydrogen-bond donors (Lipinski definition) is 0. The lowest BCUT2D eigenvalue weighted by molar-refractivity contribution is -0.927. The first-order valence-electron chi connectivity index (χ1n) is 57.4. The molecule has 144 heavy (non-hydrogen) atoms. The highest BCUT2D eigenvalue weighted by Gasteiger charge is 2.28. The number of nitrogens with zero attached hydrogens (tertiary/aromatic N) is 8. The highest BCUT2D eigenvalue weighted by molar-refractivity contribution is 7.99. The van der Waals surface area contributed by atoms with Crippen LogP contribution in [0.4, 0.5) is 0 Å². The molecular weight excluding hydrogens is 1840 g/mol. The van der Waals surface area contributed by atoms with E-state index < -0.39 is 0 Å². The second kappa shape index (κ2) is 88.3. The summed E-state index contributed by atoms with van der Waals surface area (Å²) in [5.74, 6) is 9.67. The Kier molecular flexibility index (Phi) is 83.8. The molecule has 0 aromatic heterocycles. The first-order valence-corrected chi connectivity index (χ1v) is 62.0. The van der Waals surface area contributed by atoms with Crippen molar-refractivity contribution < 1.29 is 54.8 Å². The molecule has 0 spiro atoms. The van der Waals surface area contributed by atoms with Crippen molar-refractivity contribution in [2.75, 3.05) is 288 Å². The Morgan fingerprint density at radius 1 is 0.167 bits per heavy atom. The van der Waals surface area contributed by atoms with Gasteiger partial charge in [-0.3, -0.25) is 0 Å². The van der Waals surface area contributed by atoms with Gasteiger partial charge in [-0.05, 0) is 191 Å². The van der Waals surface area contributed by atoms with Gasteiger partial charge < -0.3 is 54.8 Å². The fraction of sp³-hybridized carbons (Fsp3) is 0.625. The number of ether oxygens (including phenoxy) is 4. The third-order valence-corrected chi connectivity index (χ3v) is 32.9. The first-order chi connectivity index (χ1) is 69.7. The molecule has 0 amide bonds. The molecule has 0 saturated carbocycles. The molecule has 8 aromatic carbocycles. The molecule has 0 aliphatic carbocycles. The van der Waals surface area contributed by atoms with Crippen molar-refractivity contribution in [3.8, 4) is 0 Å². The van der Waals surface area contributed by atoms with Crippen molar-refractivity contribution >= 4 is 47.0 Å². The minimum absolute atomic E-state index is 0.823. The average Bonchev–Trinajstić information content (AvgIpc) is 0.890. The molecule has 2 atom stereocenters. The zero-order chi connectivity index (χ0) is 106. The topological polar surface area (TPSA) is 36.9 Å². The number of quaternary nitrogens is 8. The summed E-state index contributed by atoms with van der Waals surface area (Å²) >= 11 is 8.26. The van der Waals surface area contributed by atoms with Crippen LogP contribution < -0.4 is 0 Å². The summed E-state index contributed by atoms with van der Waals surface area (Å²) in [5.41, 5.74) is 11.2. The van der Waals surface area contributed by atoms with Crippen LogP contribution in [-0.2, 0) is 67.6 Å². The van der Waals surface area contributed by atoms with Crippen molar-refractivity contribution in [1.29, 1.82) is 0 Å². The molecule has 0 heterocycles. The summed E-state index contributed by atoms with van der Waals surface area (Å²) in [6, 6.07) is 85.3. The van der Waals surface area contributed by atoms with Crippen LogP contribution in [0.1, 0.15) is 233 Å². The Bertz CT molecular complexity index is 4010. The number of benzene rings is 8. The van der Waals surface area contributed by atoms with Gasteiger partial charge in [0.15, 0.2) is 0 Å². The van der Waals surface area contributed by atoms with Gasteiger partial charge in [0, 0.05) is 46.0 Å². The van der Waals surface area contributed by atoms with Crippen LogP contribution >= 0.6 is 47.0 Å². The first kappa shape index (κ1) is 137. The van der Waals surface area contributed by atoms with Crippen LogP contribution in [0, 0.1) is 0 Å². The van der Waals surface area contributed by atoms with Crippen LogP contribution in [0.2, 0.25) is 0 Å². The summed E-state index contributed by atoms with van der Waals surface area (Å²) < 4.78 is 32.7. The molecule has 0 saturated heterocycles. The Balaban J connectivity index is 0.000000825. The molecule has 0 aliphatic rings. The molecule has 8 aromatic rings. The lowest BCUT2D eigenvalue weighted by Gasteiger charge is -2.38. The van der Waals surface area contributed by atoms with Crippen LogP contribution in [-0.4, -0.2) is 324 Å². The van der Waals surface area contributed by atoms with Gasteiger partial charge in [0.25, 0.3) is 0 Å². The molecule has 0 aliphatic heterocycles. The fourth-order valence-electron chi connectivity index (χ4n) is 18.4. The van der Waals surface area contributed by atoms with Gasteiger partial charge in [0.05, 0.1) is 239 Å². The van der Waals surface area contributed by atoms with E-state index in [0.29, 0.717) is 0 Å². The maximum atomic E-state index is 5.91. The van der Waals surface area contributed by atoms with E-state index in [9.17, 15) is 0 Å². The van der Waals surface area contributed by atoms with Gasteiger partial charge >= 0.3 is 0 Å². The average molecular weight is 2070 g/mol. The number of thioether (sulfide) groups is 4. The predicted molar refractivity (Wildman–Crippen MR) is 647 cm³/mol. The monoisotopic (exact) mass is 2070 g/mol. The van der Waals surface area contributed by atoms with Crippen molar-refractivity contribution in [3.05, 3.63) is 287 Å². The third kappa shape index (κ3) is 69.2. The zero-order valence-corrected chi connectivity index (χ0v) is 101. The van der Waals surface area contributed by atoms with Crippen LogP contribution in [0.5, 0.6) is 0 Å². The van der Waals surface area contributed by atoms with E-state index in [0.717, 1.165) is 130 Å². The van der Waals surface area contributed by atoms with Crippen molar-refractivity contribution in [2.24, 2.45) is 0 Å². The smallest absolute Gasteiger partial charge is 0.102 e. The molecule has 2 unspecified atom stereocenters. The molecule has 12 nitrogen and oxygen atoms in total. The predicted octanol–water partition coefficient (Wildman–Crippen LogP) is 29.2. The van der Waals surface area contributed by atoms with E-state index in [1.165, 1.54) is 309 Å². The lowest BCUT2D eigenvalue weighted by atomic mass is 10.2. The largest absolute Gasteiger partial charge is 0.375 e. The highest BCUT2D eigenvalue weighted by Crippen LogP contribution is 2.23. The van der Waals surface area contributed by atoms with Gasteiger partial charge in [0.2, 0.25) is 0 Å². The Morgan fingerprint density at radius 3 is 0.549 bits per heavy atom. The molecule has 0 N–H and O–H groups in total. The number of rotatable bonds is 72. The summed E-state index contributed by atoms with van der Waals surface area (Å²) in [6.07, 6.45) is 17.1. The Labute approximate surface area is 908 Å². The summed E-state index contributed by atoms with van der Waals surface area (Å²) in [4.78, 5) is 0. The van der Waals surface area contributed by atoms with Gasteiger partial charge in [-0.15, -0.1) is 0 Å². The van der Waals surface area contributed by atoms with Crippen LogP contribution in [0.15, 0.2) is 243 Å². The minimum Gasteiger partial charge on any atom is -0.375 e. The van der Waals surface area contributed by atoms with Gasteiger partial charge in [-0.25, -0.2) is 0 Å². The standard InChI is InChI=1S/C19H34NO.C18H32NO.C18H32NS.C17H30NS.C16H28NO.C15H26NS.C13H22NO.C12H20NS/c1-4-7-15-20(6-3,14-5-2)16-18-21-17-13-19-11-9-8-10-12-19;1-4-13-19(6-3,14-5-2)15-17-20-16-12-18-10-8-7-9-11-18;1-4-7-14-19(6-3,13-5-2)15-16-20-17-18-11-9-8-10-12-18;1-4-12-18(6-3,13-5-2)14-15-19-16-17-10-8-7-9-11-17;1-4-17(5-2,6-3)13-15-18-14-12-16-10-8-7-9-11-16;1-4-16(5-2,6-3)12-13-17-14-15-10-8-7-9-11-15;1-14(2,3)10-12-15-11-9-13-7-5-4-6-8-13;1-13(2,3)9-10-14-11-12-7-5-4-6-8-12/h8-12H,4-7,13-18H2,1-3H3;7-11H,4-6,12-17H2,1-3H3;8-12H,4-7,13-17H2,1-3H3;7-11H,4-6,12-16H2,1-3H3;7-11H,4-6,12-15H2,1-3H3;7-11H,4-6,12-14H2,1-3H3;4-8H,9-12H2,1-3H3;4-8H,9-11H2,1-3H3/q8*+1. The van der Waals surface area contributed by atoms with Crippen LogP contribution in [0.25, 0.3) is 0 Å². The quantitative estimate of drug-likeness (QED) is 0.0276. The Hall–Kier alpha value is -5.32. The molecule has 0 radical (unpaired) electrons. The van der Waals surface area contributed by atoms with Crippen molar-refractivity contribution in [1.82, 2.24) is 0 Å². The highest BCUT2D eigenvalue weighted by atomic mass is 32.2. The Morgan fingerprint density at radius 2 is 0.340 bits per heavy atom. The van der Waals surface area contributed by atoms with E-state index in [1.54, 1.807) is 0 Å². The summed E-state index contributed by atoms with van der Waals surface area (Å²) in [6.45, 7) is 81.1. The summed E-state index contributed by atoms with van der Waals surface area (Å²) in [7, 11) is 13.3. The van der Waals surface area contributed by atoms with E-state index in [-0.39, 0.29) is 0 Å². The van der Waals surface area contributed by atoms with E-state index in [1.807, 2.05) is 17.8 Å². The van der Waals surface area contributed by atoms with E-state index >= 15 is 0 Å². The van der Waals surface area contributed by atoms with Gasteiger partial charge in [-0.2, -0.15) is 47.0 Å². The van der Waals surface area contributed by atoms with E-state index in [4.69, 9.17) is 18.9 Å². The molecule has 0 fully saturated rings. The molecule has 0 bridgehead atoms. The molecule has 16 heteroatoms.